The predicted octanol–water partition coefficient (Wildman–Crippen LogP) is 3.07. The zero-order chi connectivity index (χ0) is 12.9. The number of nitrogens with one attached hydrogen (secondary N) is 1. The van der Waals surface area contributed by atoms with E-state index in [1.54, 1.807) is 0 Å². The number of benzene rings is 1. The molecule has 94 valence electrons. The van der Waals surface area contributed by atoms with E-state index >= 15 is 0 Å². The summed E-state index contributed by atoms with van der Waals surface area (Å²) in [4.78, 5) is 14.4. The standard InChI is InChI=1S/C15H17NO2/c1-15(2)11(13(15)14(17)18)7-9-8-16-12-6-4-3-5-10(9)12/h3-6,8,11,13,16H,7H2,1-2H3,(H,17,18)/t11-,13+/m0/s1. The van der Waals surface area contributed by atoms with Crippen LogP contribution in [0.5, 0.6) is 0 Å². The zero-order valence-electron chi connectivity index (χ0n) is 10.6. The van der Waals surface area contributed by atoms with E-state index in [4.69, 9.17) is 0 Å². The van der Waals surface area contributed by atoms with Crippen LogP contribution in [-0.4, -0.2) is 16.1 Å². The van der Waals surface area contributed by atoms with Gasteiger partial charge in [0.15, 0.2) is 0 Å². The van der Waals surface area contributed by atoms with Gasteiger partial charge in [-0.3, -0.25) is 4.79 Å². The Hall–Kier alpha value is -1.77. The van der Waals surface area contributed by atoms with Crippen LogP contribution >= 0.6 is 0 Å². The summed E-state index contributed by atoms with van der Waals surface area (Å²) in [5.74, 6) is -0.620. The molecular formula is C15H17NO2. The number of hydrogen-bond donors (Lipinski definition) is 2. The molecule has 0 unspecified atom stereocenters. The number of carboxylic acid groups (broad SMARTS) is 1. The maximum Gasteiger partial charge on any atom is 0.307 e. The van der Waals surface area contributed by atoms with E-state index in [9.17, 15) is 9.90 Å². The van der Waals surface area contributed by atoms with E-state index in [-0.39, 0.29) is 17.3 Å². The van der Waals surface area contributed by atoms with Crippen LogP contribution in [0, 0.1) is 17.3 Å². The van der Waals surface area contributed by atoms with Gasteiger partial charge in [0, 0.05) is 17.1 Å². The lowest BCUT2D eigenvalue weighted by molar-refractivity contribution is -0.139. The Labute approximate surface area is 106 Å². The van der Waals surface area contributed by atoms with Crippen LogP contribution < -0.4 is 0 Å². The first-order valence-electron chi connectivity index (χ1n) is 6.29. The largest absolute Gasteiger partial charge is 0.481 e. The van der Waals surface area contributed by atoms with E-state index in [1.807, 2.05) is 38.2 Å². The number of rotatable bonds is 3. The summed E-state index contributed by atoms with van der Waals surface area (Å²) in [5.41, 5.74) is 2.27. The second-order valence-electron chi connectivity index (χ2n) is 5.81. The van der Waals surface area contributed by atoms with Crippen molar-refractivity contribution in [2.24, 2.45) is 17.3 Å². The fourth-order valence-electron chi connectivity index (χ4n) is 3.15. The number of fused-ring (bicyclic) bond motifs is 1. The number of aromatic amines is 1. The summed E-state index contributed by atoms with van der Waals surface area (Å²) in [6.45, 7) is 4.09. The molecule has 1 aromatic heterocycles. The highest BCUT2D eigenvalue weighted by atomic mass is 16.4. The van der Waals surface area contributed by atoms with Crippen LogP contribution in [-0.2, 0) is 11.2 Å². The molecule has 0 radical (unpaired) electrons. The number of aromatic nitrogens is 1. The van der Waals surface area contributed by atoms with Gasteiger partial charge in [-0.1, -0.05) is 32.0 Å². The van der Waals surface area contributed by atoms with Gasteiger partial charge < -0.3 is 10.1 Å². The molecule has 1 heterocycles. The molecule has 2 atom stereocenters. The van der Waals surface area contributed by atoms with E-state index in [2.05, 4.69) is 11.1 Å². The summed E-state index contributed by atoms with van der Waals surface area (Å²) in [6.07, 6.45) is 2.85. The van der Waals surface area contributed by atoms with Crippen molar-refractivity contribution in [1.29, 1.82) is 0 Å². The average Bonchev–Trinajstić information content (AvgIpc) is 2.69. The van der Waals surface area contributed by atoms with Gasteiger partial charge in [-0.15, -0.1) is 0 Å². The third-order valence-corrected chi connectivity index (χ3v) is 4.43. The highest BCUT2D eigenvalue weighted by molar-refractivity contribution is 5.83. The molecule has 0 saturated heterocycles. The summed E-state index contributed by atoms with van der Waals surface area (Å²) in [7, 11) is 0. The lowest BCUT2D eigenvalue weighted by atomic mass is 10.0. The van der Waals surface area contributed by atoms with Crippen molar-refractivity contribution in [1.82, 2.24) is 4.98 Å². The molecule has 3 rings (SSSR count). The van der Waals surface area contributed by atoms with Crippen LogP contribution in [0.1, 0.15) is 19.4 Å². The van der Waals surface area contributed by atoms with Crippen molar-refractivity contribution in [3.05, 3.63) is 36.0 Å². The Bertz CT molecular complexity index is 612. The number of carboxylic acids is 1. The number of carbonyl (C=O) groups is 1. The molecule has 2 aromatic rings. The molecule has 1 aliphatic rings. The molecule has 18 heavy (non-hydrogen) atoms. The molecule has 2 N–H and O–H groups in total. The maximum absolute atomic E-state index is 11.2. The predicted molar refractivity (Wildman–Crippen MR) is 70.4 cm³/mol. The summed E-state index contributed by atoms with van der Waals surface area (Å²) in [6, 6.07) is 8.16. The van der Waals surface area contributed by atoms with Crippen LogP contribution in [0.2, 0.25) is 0 Å². The Morgan fingerprint density at radius 1 is 1.39 bits per heavy atom. The van der Waals surface area contributed by atoms with Gasteiger partial charge in [0.25, 0.3) is 0 Å². The quantitative estimate of drug-likeness (QED) is 0.870. The normalized spacial score (nSPS) is 25.2. The smallest absolute Gasteiger partial charge is 0.307 e. The third kappa shape index (κ3) is 1.54. The molecule has 0 aliphatic heterocycles. The van der Waals surface area contributed by atoms with E-state index in [1.165, 1.54) is 10.9 Å². The van der Waals surface area contributed by atoms with Crippen molar-refractivity contribution in [2.75, 3.05) is 0 Å². The Balaban J connectivity index is 1.88. The fourth-order valence-corrected chi connectivity index (χ4v) is 3.15. The van der Waals surface area contributed by atoms with Gasteiger partial charge in [-0.05, 0) is 29.4 Å². The SMILES string of the molecule is CC1(C)[C@@H](Cc2c[nH]c3ccccc23)[C@@H]1C(=O)O. The first-order valence-corrected chi connectivity index (χ1v) is 6.29. The zero-order valence-corrected chi connectivity index (χ0v) is 10.6. The highest BCUT2D eigenvalue weighted by Gasteiger charge is 2.61. The fraction of sp³-hybridized carbons (Fsp3) is 0.400. The van der Waals surface area contributed by atoms with E-state index in [0.29, 0.717) is 0 Å². The second-order valence-corrected chi connectivity index (χ2v) is 5.81. The number of H-pyrrole nitrogens is 1. The monoisotopic (exact) mass is 243 g/mol. The van der Waals surface area contributed by atoms with Crippen molar-refractivity contribution in [2.45, 2.75) is 20.3 Å². The van der Waals surface area contributed by atoms with Crippen LogP contribution in [0.3, 0.4) is 0 Å². The van der Waals surface area contributed by atoms with Gasteiger partial charge in [0.1, 0.15) is 0 Å². The Kier molecular flexibility index (Phi) is 2.27. The molecule has 0 bridgehead atoms. The van der Waals surface area contributed by atoms with E-state index in [0.717, 1.165) is 11.9 Å². The summed E-state index contributed by atoms with van der Waals surface area (Å²) >= 11 is 0. The van der Waals surface area contributed by atoms with Gasteiger partial charge in [-0.2, -0.15) is 0 Å². The number of hydrogen-bond acceptors (Lipinski definition) is 1. The van der Waals surface area contributed by atoms with E-state index < -0.39 is 5.97 Å². The minimum absolute atomic E-state index is 0.0792. The summed E-state index contributed by atoms with van der Waals surface area (Å²) < 4.78 is 0. The molecule has 1 saturated carbocycles. The van der Waals surface area contributed by atoms with Gasteiger partial charge in [0.05, 0.1) is 5.92 Å². The summed E-state index contributed by atoms with van der Waals surface area (Å²) in [5, 5.41) is 10.4. The first kappa shape index (κ1) is 11.3. The van der Waals surface area contributed by atoms with Crippen molar-refractivity contribution >= 4 is 16.9 Å². The van der Waals surface area contributed by atoms with Gasteiger partial charge in [0.2, 0.25) is 0 Å². The van der Waals surface area contributed by atoms with Crippen molar-refractivity contribution in [3.63, 3.8) is 0 Å². The highest BCUT2D eigenvalue weighted by Crippen LogP contribution is 2.59. The lowest BCUT2D eigenvalue weighted by Gasteiger charge is -2.01. The topological polar surface area (TPSA) is 53.1 Å². The minimum Gasteiger partial charge on any atom is -0.481 e. The van der Waals surface area contributed by atoms with Gasteiger partial charge in [-0.25, -0.2) is 0 Å². The average molecular weight is 243 g/mol. The molecule has 0 amide bonds. The Morgan fingerprint density at radius 3 is 2.78 bits per heavy atom. The molecular weight excluding hydrogens is 226 g/mol. The third-order valence-electron chi connectivity index (χ3n) is 4.43. The molecule has 3 heteroatoms. The second kappa shape index (κ2) is 3.61. The number of para-hydroxylation sites is 1. The van der Waals surface area contributed by atoms with Crippen LogP contribution in [0.25, 0.3) is 10.9 Å². The molecule has 1 aliphatic carbocycles. The number of aliphatic carboxylic acids is 1. The Morgan fingerprint density at radius 2 is 2.11 bits per heavy atom. The minimum atomic E-state index is -0.662. The molecule has 3 nitrogen and oxygen atoms in total. The van der Waals surface area contributed by atoms with Gasteiger partial charge >= 0.3 is 5.97 Å². The first-order chi connectivity index (χ1) is 8.51. The lowest BCUT2D eigenvalue weighted by Crippen LogP contribution is -2.03. The van der Waals surface area contributed by atoms with Crippen molar-refractivity contribution in [3.8, 4) is 0 Å². The molecule has 0 spiro atoms. The molecule has 1 fully saturated rings. The van der Waals surface area contributed by atoms with Crippen LogP contribution in [0.15, 0.2) is 30.5 Å². The molecule has 1 aromatic carbocycles. The van der Waals surface area contributed by atoms with Crippen LogP contribution in [0.4, 0.5) is 0 Å². The van der Waals surface area contributed by atoms with Crippen molar-refractivity contribution < 1.29 is 9.90 Å². The maximum atomic E-state index is 11.2.